The van der Waals surface area contributed by atoms with E-state index in [0.29, 0.717) is 4.47 Å². The molecule has 1 saturated heterocycles. The van der Waals surface area contributed by atoms with Crippen LogP contribution in [0, 0.1) is 10.1 Å². The average molecular weight is 314 g/mol. The smallest absolute Gasteiger partial charge is 0.283 e. The first kappa shape index (κ1) is 13.5. The summed E-state index contributed by atoms with van der Waals surface area (Å²) in [5.74, 6) is 0. The fraction of sp³-hybridized carbons (Fsp3) is 0.500. The molecule has 5 nitrogen and oxygen atoms in total. The van der Waals surface area contributed by atoms with Gasteiger partial charge in [-0.25, -0.2) is 0 Å². The van der Waals surface area contributed by atoms with Crippen LogP contribution in [-0.4, -0.2) is 36.0 Å². The van der Waals surface area contributed by atoms with Crippen LogP contribution in [0.25, 0.3) is 0 Å². The van der Waals surface area contributed by atoms with Gasteiger partial charge >= 0.3 is 0 Å². The SMILES string of the molecule is O=[N+]([O-])c1cccc(CN2CCCNCC2)c1Br. The number of nitro groups is 1. The summed E-state index contributed by atoms with van der Waals surface area (Å²) in [6, 6.07) is 5.21. The molecule has 2 rings (SSSR count). The highest BCUT2D eigenvalue weighted by Gasteiger charge is 2.17. The zero-order valence-electron chi connectivity index (χ0n) is 10.1. The second-order valence-corrected chi connectivity index (χ2v) is 5.18. The molecule has 18 heavy (non-hydrogen) atoms. The van der Waals surface area contributed by atoms with Crippen molar-refractivity contribution >= 4 is 21.6 Å². The van der Waals surface area contributed by atoms with E-state index in [-0.39, 0.29) is 10.6 Å². The van der Waals surface area contributed by atoms with E-state index in [1.807, 2.05) is 6.07 Å². The number of hydrogen-bond donors (Lipinski definition) is 1. The molecule has 1 aliphatic heterocycles. The Hall–Kier alpha value is -0.980. The van der Waals surface area contributed by atoms with Crippen LogP contribution in [0.15, 0.2) is 22.7 Å². The number of nitrogens with zero attached hydrogens (tertiary/aromatic N) is 2. The summed E-state index contributed by atoms with van der Waals surface area (Å²) in [5, 5.41) is 14.2. The van der Waals surface area contributed by atoms with Crippen LogP contribution >= 0.6 is 15.9 Å². The zero-order chi connectivity index (χ0) is 13.0. The molecule has 0 amide bonds. The molecule has 0 spiro atoms. The minimum atomic E-state index is -0.350. The predicted molar refractivity (Wildman–Crippen MR) is 73.6 cm³/mol. The van der Waals surface area contributed by atoms with Crippen LogP contribution in [0.2, 0.25) is 0 Å². The predicted octanol–water partition coefficient (Wildman–Crippen LogP) is 2.15. The first-order valence-corrected chi connectivity index (χ1v) is 6.82. The van der Waals surface area contributed by atoms with Gasteiger partial charge in [0.15, 0.2) is 0 Å². The molecule has 0 saturated carbocycles. The normalized spacial score (nSPS) is 17.4. The van der Waals surface area contributed by atoms with E-state index in [2.05, 4.69) is 26.1 Å². The topological polar surface area (TPSA) is 58.4 Å². The first-order valence-electron chi connectivity index (χ1n) is 6.03. The Morgan fingerprint density at radius 1 is 1.39 bits per heavy atom. The largest absolute Gasteiger partial charge is 0.315 e. The Balaban J connectivity index is 2.13. The summed E-state index contributed by atoms with van der Waals surface area (Å²) in [6.45, 7) is 4.79. The Morgan fingerprint density at radius 2 is 2.22 bits per heavy atom. The summed E-state index contributed by atoms with van der Waals surface area (Å²) in [5.41, 5.74) is 1.12. The fourth-order valence-corrected chi connectivity index (χ4v) is 2.66. The molecule has 0 atom stereocenters. The molecule has 1 heterocycles. The van der Waals surface area contributed by atoms with Crippen molar-refractivity contribution in [2.24, 2.45) is 0 Å². The molecule has 0 aromatic heterocycles. The molecule has 6 heteroatoms. The molecule has 0 unspecified atom stereocenters. The van der Waals surface area contributed by atoms with Gasteiger partial charge in [-0.15, -0.1) is 0 Å². The average Bonchev–Trinajstić information content (AvgIpc) is 2.60. The van der Waals surface area contributed by atoms with Gasteiger partial charge in [0.2, 0.25) is 0 Å². The van der Waals surface area contributed by atoms with E-state index in [9.17, 15) is 10.1 Å². The molecule has 1 N–H and O–H groups in total. The van der Waals surface area contributed by atoms with Gasteiger partial charge in [0.25, 0.3) is 5.69 Å². The lowest BCUT2D eigenvalue weighted by Crippen LogP contribution is -2.27. The van der Waals surface area contributed by atoms with E-state index in [0.717, 1.165) is 44.7 Å². The lowest BCUT2D eigenvalue weighted by atomic mass is 10.2. The summed E-state index contributed by atoms with van der Waals surface area (Å²) in [7, 11) is 0. The number of nitrogens with one attached hydrogen (secondary N) is 1. The molecule has 0 radical (unpaired) electrons. The molecule has 98 valence electrons. The minimum Gasteiger partial charge on any atom is -0.315 e. The number of halogens is 1. The van der Waals surface area contributed by atoms with Gasteiger partial charge in [-0.05, 0) is 41.0 Å². The van der Waals surface area contributed by atoms with Crippen molar-refractivity contribution in [1.82, 2.24) is 10.2 Å². The second-order valence-electron chi connectivity index (χ2n) is 4.39. The van der Waals surface area contributed by atoms with E-state index in [1.165, 1.54) is 6.07 Å². The summed E-state index contributed by atoms with van der Waals surface area (Å²) in [4.78, 5) is 12.8. The van der Waals surface area contributed by atoms with Crippen molar-refractivity contribution in [3.05, 3.63) is 38.3 Å². The van der Waals surface area contributed by atoms with Crippen molar-refractivity contribution in [3.63, 3.8) is 0 Å². The maximum Gasteiger partial charge on any atom is 0.283 e. The maximum atomic E-state index is 10.9. The molecule has 1 aromatic carbocycles. The quantitative estimate of drug-likeness (QED) is 0.686. The monoisotopic (exact) mass is 313 g/mol. The van der Waals surface area contributed by atoms with Crippen molar-refractivity contribution in [2.45, 2.75) is 13.0 Å². The highest BCUT2D eigenvalue weighted by molar-refractivity contribution is 9.10. The maximum absolute atomic E-state index is 10.9. The van der Waals surface area contributed by atoms with Crippen molar-refractivity contribution in [3.8, 4) is 0 Å². The first-order chi connectivity index (χ1) is 8.68. The van der Waals surface area contributed by atoms with Gasteiger partial charge in [0, 0.05) is 25.7 Å². The van der Waals surface area contributed by atoms with Crippen molar-refractivity contribution in [1.29, 1.82) is 0 Å². The molecule has 1 fully saturated rings. The van der Waals surface area contributed by atoms with Gasteiger partial charge in [0.1, 0.15) is 0 Å². The second kappa shape index (κ2) is 6.26. The standard InChI is InChI=1S/C12H16BrN3O2/c13-12-10(3-1-4-11(12)16(17)18)9-15-7-2-5-14-6-8-15/h1,3-4,14H,2,5-9H2. The zero-order valence-corrected chi connectivity index (χ0v) is 11.6. The Kier molecular flexibility index (Phi) is 4.68. The van der Waals surface area contributed by atoms with E-state index in [1.54, 1.807) is 6.07 Å². The van der Waals surface area contributed by atoms with Gasteiger partial charge < -0.3 is 5.32 Å². The van der Waals surface area contributed by atoms with Crippen LogP contribution in [-0.2, 0) is 6.54 Å². The molecule has 0 bridgehead atoms. The van der Waals surface area contributed by atoms with Gasteiger partial charge in [-0.3, -0.25) is 15.0 Å². The third-order valence-electron chi connectivity index (χ3n) is 3.08. The Bertz CT molecular complexity index is 431. The van der Waals surface area contributed by atoms with Gasteiger partial charge in [0.05, 0.1) is 9.40 Å². The van der Waals surface area contributed by atoms with Crippen LogP contribution in [0.3, 0.4) is 0 Å². The van der Waals surface area contributed by atoms with Gasteiger partial charge in [-0.2, -0.15) is 0 Å². The van der Waals surface area contributed by atoms with Crippen molar-refractivity contribution in [2.75, 3.05) is 26.2 Å². The number of hydrogen-bond acceptors (Lipinski definition) is 4. The van der Waals surface area contributed by atoms with Crippen LogP contribution in [0.4, 0.5) is 5.69 Å². The number of benzene rings is 1. The number of nitro benzene ring substituents is 1. The van der Waals surface area contributed by atoms with Crippen LogP contribution < -0.4 is 5.32 Å². The molecule has 1 aliphatic rings. The van der Waals surface area contributed by atoms with Crippen LogP contribution in [0.5, 0.6) is 0 Å². The fourth-order valence-electron chi connectivity index (χ4n) is 2.13. The van der Waals surface area contributed by atoms with E-state index >= 15 is 0 Å². The van der Waals surface area contributed by atoms with E-state index in [4.69, 9.17) is 0 Å². The highest BCUT2D eigenvalue weighted by atomic mass is 79.9. The lowest BCUT2D eigenvalue weighted by Gasteiger charge is -2.20. The third-order valence-corrected chi connectivity index (χ3v) is 4.00. The number of rotatable bonds is 3. The summed E-state index contributed by atoms with van der Waals surface area (Å²) in [6.07, 6.45) is 1.12. The van der Waals surface area contributed by atoms with E-state index < -0.39 is 0 Å². The molecule has 0 aliphatic carbocycles. The molecular formula is C12H16BrN3O2. The van der Waals surface area contributed by atoms with Crippen molar-refractivity contribution < 1.29 is 4.92 Å². The van der Waals surface area contributed by atoms with Crippen LogP contribution in [0.1, 0.15) is 12.0 Å². The Morgan fingerprint density at radius 3 is 3.00 bits per heavy atom. The summed E-state index contributed by atoms with van der Waals surface area (Å²) < 4.78 is 0.604. The lowest BCUT2D eigenvalue weighted by molar-refractivity contribution is -0.385. The molecular weight excluding hydrogens is 298 g/mol. The minimum absolute atomic E-state index is 0.139. The third kappa shape index (κ3) is 3.28. The highest BCUT2D eigenvalue weighted by Crippen LogP contribution is 2.29. The Labute approximate surface area is 114 Å². The van der Waals surface area contributed by atoms with Gasteiger partial charge in [-0.1, -0.05) is 12.1 Å². The summed E-state index contributed by atoms with van der Waals surface area (Å²) >= 11 is 3.34. The molecule has 1 aromatic rings.